The number of anilines is 1. The number of rotatable bonds is 5. The normalized spacial score (nSPS) is 11.7. The highest BCUT2D eigenvalue weighted by Gasteiger charge is 2.17. The fourth-order valence-corrected chi connectivity index (χ4v) is 3.04. The molecular weight excluding hydrogens is 342 g/mol. The van der Waals surface area contributed by atoms with Crippen LogP contribution in [-0.2, 0) is 16.1 Å². The quantitative estimate of drug-likeness (QED) is 0.607. The van der Waals surface area contributed by atoms with E-state index in [9.17, 15) is 14.7 Å². The van der Waals surface area contributed by atoms with Crippen LogP contribution in [0.3, 0.4) is 0 Å². The molecule has 1 atom stereocenters. The van der Waals surface area contributed by atoms with Crippen LogP contribution in [0, 0.1) is 0 Å². The molecule has 2 amide bonds. The van der Waals surface area contributed by atoms with Crippen LogP contribution in [0.2, 0.25) is 0 Å². The van der Waals surface area contributed by atoms with Gasteiger partial charge in [0, 0.05) is 16.0 Å². The highest BCUT2D eigenvalue weighted by molar-refractivity contribution is 7.12. The Morgan fingerprint density at radius 2 is 2.08 bits per heavy atom. The maximum atomic E-state index is 11.8. The van der Waals surface area contributed by atoms with Gasteiger partial charge in [0.1, 0.15) is 11.9 Å². The minimum atomic E-state index is -0.849. The van der Waals surface area contributed by atoms with Gasteiger partial charge in [-0.3, -0.25) is 14.6 Å². The van der Waals surface area contributed by atoms with Crippen molar-refractivity contribution in [3.8, 4) is 0 Å². The number of carbonyl (C=O) groups excluding carboxylic acids is 2. The molecule has 25 heavy (non-hydrogen) atoms. The zero-order valence-electron chi connectivity index (χ0n) is 13.0. The summed E-state index contributed by atoms with van der Waals surface area (Å²) in [6.07, 6.45) is 3.67. The molecule has 3 rings (SSSR count). The smallest absolute Gasteiger partial charge is 0.313 e. The van der Waals surface area contributed by atoms with Crippen LogP contribution >= 0.6 is 11.3 Å². The van der Waals surface area contributed by atoms with E-state index in [1.54, 1.807) is 42.6 Å². The van der Waals surface area contributed by atoms with Gasteiger partial charge in [-0.05, 0) is 36.4 Å². The van der Waals surface area contributed by atoms with E-state index in [0.717, 1.165) is 4.88 Å². The molecule has 3 aromatic heterocycles. The van der Waals surface area contributed by atoms with Crippen molar-refractivity contribution < 1.29 is 19.1 Å². The van der Waals surface area contributed by atoms with Crippen molar-refractivity contribution in [2.45, 2.75) is 12.6 Å². The molecule has 0 radical (unpaired) electrons. The zero-order chi connectivity index (χ0) is 17.6. The third-order valence-corrected chi connectivity index (χ3v) is 4.45. The number of aliphatic hydroxyl groups excluding tert-OH is 1. The van der Waals surface area contributed by atoms with Crippen LogP contribution in [0.1, 0.15) is 21.6 Å². The molecule has 0 fully saturated rings. The average Bonchev–Trinajstić information content (AvgIpc) is 3.32. The number of amides is 2. The third-order valence-electron chi connectivity index (χ3n) is 3.31. The van der Waals surface area contributed by atoms with E-state index < -0.39 is 17.9 Å². The molecule has 0 aliphatic heterocycles. The number of pyridine rings is 1. The summed E-state index contributed by atoms with van der Waals surface area (Å²) in [6, 6.07) is 10.2. The largest absolute Gasteiger partial charge is 0.466 e. The lowest BCUT2D eigenvalue weighted by atomic mass is 10.2. The number of aromatic nitrogens is 1. The summed E-state index contributed by atoms with van der Waals surface area (Å²) in [5.41, 5.74) is 0.447. The average molecular weight is 357 g/mol. The van der Waals surface area contributed by atoms with Crippen molar-refractivity contribution in [1.29, 1.82) is 0 Å². The van der Waals surface area contributed by atoms with E-state index in [0.29, 0.717) is 16.3 Å². The van der Waals surface area contributed by atoms with Gasteiger partial charge in [-0.2, -0.15) is 0 Å². The number of thiophene rings is 1. The first-order valence-electron chi connectivity index (χ1n) is 7.43. The second-order valence-electron chi connectivity index (χ2n) is 5.10. The highest BCUT2D eigenvalue weighted by atomic mass is 32.1. The van der Waals surface area contributed by atoms with Gasteiger partial charge in [-0.25, -0.2) is 0 Å². The van der Waals surface area contributed by atoms with E-state index in [1.165, 1.54) is 23.8 Å². The predicted octanol–water partition coefficient (Wildman–Crippen LogP) is 2.07. The molecule has 0 aliphatic carbocycles. The van der Waals surface area contributed by atoms with Crippen LogP contribution in [0.5, 0.6) is 0 Å². The number of nitrogens with one attached hydrogen (secondary N) is 2. The van der Waals surface area contributed by atoms with Crippen molar-refractivity contribution in [1.82, 2.24) is 10.3 Å². The standard InChI is InChI=1S/C17H15N3O4S/c21-15(13-4-2-8-24-13)14-6-5-12(25-14)10-19-16(22)17(23)20-11-3-1-7-18-9-11/h1-9,15,21H,10H2,(H,19,22)(H,20,23)/t15-/m0/s1. The van der Waals surface area contributed by atoms with E-state index in [1.807, 2.05) is 0 Å². The lowest BCUT2D eigenvalue weighted by Gasteiger charge is -2.05. The molecule has 0 saturated carbocycles. The van der Waals surface area contributed by atoms with Gasteiger partial charge in [0.05, 0.1) is 24.7 Å². The monoisotopic (exact) mass is 357 g/mol. The van der Waals surface area contributed by atoms with Crippen molar-refractivity contribution in [3.63, 3.8) is 0 Å². The number of nitrogens with zero attached hydrogens (tertiary/aromatic N) is 1. The second kappa shape index (κ2) is 7.73. The zero-order valence-corrected chi connectivity index (χ0v) is 13.8. The van der Waals surface area contributed by atoms with Crippen molar-refractivity contribution in [2.75, 3.05) is 5.32 Å². The highest BCUT2D eigenvalue weighted by Crippen LogP contribution is 2.28. The van der Waals surface area contributed by atoms with Crippen LogP contribution < -0.4 is 10.6 Å². The van der Waals surface area contributed by atoms with E-state index in [4.69, 9.17) is 4.42 Å². The van der Waals surface area contributed by atoms with Crippen LogP contribution in [0.15, 0.2) is 59.5 Å². The Labute approximate surface area is 147 Å². The Kier molecular flexibility index (Phi) is 5.22. The molecule has 0 saturated heterocycles. The van der Waals surface area contributed by atoms with Gasteiger partial charge in [0.25, 0.3) is 0 Å². The first kappa shape index (κ1) is 16.9. The van der Waals surface area contributed by atoms with Gasteiger partial charge in [0.15, 0.2) is 0 Å². The summed E-state index contributed by atoms with van der Waals surface area (Å²) < 4.78 is 5.17. The lowest BCUT2D eigenvalue weighted by Crippen LogP contribution is -2.34. The van der Waals surface area contributed by atoms with E-state index >= 15 is 0 Å². The topological polar surface area (TPSA) is 104 Å². The molecule has 3 N–H and O–H groups in total. The molecule has 7 nitrogen and oxygen atoms in total. The van der Waals surface area contributed by atoms with Gasteiger partial charge in [0.2, 0.25) is 0 Å². The first-order valence-corrected chi connectivity index (χ1v) is 8.24. The Balaban J connectivity index is 1.53. The first-order chi connectivity index (χ1) is 12.1. The second-order valence-corrected chi connectivity index (χ2v) is 6.30. The number of aliphatic hydroxyl groups is 1. The maximum absolute atomic E-state index is 11.8. The minimum absolute atomic E-state index is 0.189. The Morgan fingerprint density at radius 3 is 2.80 bits per heavy atom. The molecule has 0 aromatic carbocycles. The third kappa shape index (κ3) is 4.31. The van der Waals surface area contributed by atoms with Crippen LogP contribution in [-0.4, -0.2) is 21.9 Å². The van der Waals surface area contributed by atoms with Crippen molar-refractivity contribution in [2.24, 2.45) is 0 Å². The van der Waals surface area contributed by atoms with Gasteiger partial charge < -0.3 is 20.2 Å². The number of carbonyl (C=O) groups is 2. The lowest BCUT2D eigenvalue weighted by molar-refractivity contribution is -0.136. The molecule has 8 heteroatoms. The Morgan fingerprint density at radius 1 is 1.20 bits per heavy atom. The summed E-state index contributed by atoms with van der Waals surface area (Å²) in [5, 5.41) is 15.2. The van der Waals surface area contributed by atoms with Crippen molar-refractivity contribution >= 4 is 28.8 Å². The molecule has 0 aliphatic rings. The molecule has 0 bridgehead atoms. The molecular formula is C17H15N3O4S. The van der Waals surface area contributed by atoms with E-state index in [2.05, 4.69) is 15.6 Å². The fourth-order valence-electron chi connectivity index (χ4n) is 2.10. The van der Waals surface area contributed by atoms with Gasteiger partial charge >= 0.3 is 11.8 Å². The maximum Gasteiger partial charge on any atom is 0.313 e. The summed E-state index contributed by atoms with van der Waals surface area (Å²) in [7, 11) is 0. The Hall–Kier alpha value is -2.97. The molecule has 3 heterocycles. The summed E-state index contributed by atoms with van der Waals surface area (Å²) >= 11 is 1.33. The van der Waals surface area contributed by atoms with Crippen LogP contribution in [0.25, 0.3) is 0 Å². The van der Waals surface area contributed by atoms with Gasteiger partial charge in [-0.1, -0.05) is 0 Å². The summed E-state index contributed by atoms with van der Waals surface area (Å²) in [5.74, 6) is -1.06. The van der Waals surface area contributed by atoms with Gasteiger partial charge in [-0.15, -0.1) is 11.3 Å². The van der Waals surface area contributed by atoms with Crippen LogP contribution in [0.4, 0.5) is 5.69 Å². The number of furan rings is 1. The SMILES string of the molecule is O=C(NCc1ccc([C@@H](O)c2ccco2)s1)C(=O)Nc1cccnc1. The minimum Gasteiger partial charge on any atom is -0.466 e. The molecule has 0 unspecified atom stereocenters. The fraction of sp³-hybridized carbons (Fsp3) is 0.118. The Bertz CT molecular complexity index is 846. The molecule has 3 aromatic rings. The number of hydrogen-bond donors (Lipinski definition) is 3. The summed E-state index contributed by atoms with van der Waals surface area (Å²) in [6.45, 7) is 0.189. The molecule has 128 valence electrons. The summed E-state index contributed by atoms with van der Waals surface area (Å²) in [4.78, 5) is 29.0. The number of hydrogen-bond acceptors (Lipinski definition) is 6. The van der Waals surface area contributed by atoms with E-state index in [-0.39, 0.29) is 6.54 Å². The van der Waals surface area contributed by atoms with Crippen molar-refractivity contribution in [3.05, 3.63) is 70.6 Å². The molecule has 0 spiro atoms. The predicted molar refractivity (Wildman–Crippen MR) is 91.8 cm³/mol.